The average molecular weight is 878 g/mol. The number of hydrogen-bond donors (Lipinski definition) is 9. The van der Waals surface area contributed by atoms with Gasteiger partial charge in [0, 0.05) is 0 Å². The Bertz CT molecular complexity index is 1130. The molecule has 60 heavy (non-hydrogen) atoms. The first kappa shape index (κ1) is 56.8. The first-order valence-electron chi connectivity index (χ1n) is 23.9. The molecular weight excluding hydrogens is 789 g/mol. The van der Waals surface area contributed by atoms with Crippen molar-refractivity contribution in [2.45, 2.75) is 255 Å². The molecule has 0 spiro atoms. The monoisotopic (exact) mass is 878 g/mol. The number of hydrogen-bond acceptors (Lipinski definition) is 11. The van der Waals surface area contributed by atoms with Gasteiger partial charge in [-0.25, -0.2) is 4.57 Å². The number of allylic oxidation sites excluding steroid dienone is 3. The summed E-state index contributed by atoms with van der Waals surface area (Å²) in [6.45, 7) is 3.73. The van der Waals surface area contributed by atoms with Crippen LogP contribution in [0.2, 0.25) is 0 Å². The van der Waals surface area contributed by atoms with Crippen LogP contribution in [-0.2, 0) is 18.4 Å². The molecule has 1 amide bonds. The van der Waals surface area contributed by atoms with Crippen LogP contribution >= 0.6 is 7.82 Å². The number of carbonyl (C=O) groups excluding carboxylic acids is 1. The number of phosphoric acid groups is 1. The molecule has 13 nitrogen and oxygen atoms in total. The van der Waals surface area contributed by atoms with Crippen LogP contribution in [0.25, 0.3) is 0 Å². The Hall–Kier alpha value is -1.22. The lowest BCUT2D eigenvalue weighted by atomic mass is 9.85. The van der Waals surface area contributed by atoms with E-state index in [9.17, 15) is 50.0 Å². The van der Waals surface area contributed by atoms with Crippen LogP contribution in [0.15, 0.2) is 24.3 Å². The highest BCUT2D eigenvalue weighted by Gasteiger charge is 2.51. The van der Waals surface area contributed by atoms with E-state index in [2.05, 4.69) is 31.3 Å². The summed E-state index contributed by atoms with van der Waals surface area (Å²) in [5.74, 6) is -0.598. The molecule has 0 saturated heterocycles. The van der Waals surface area contributed by atoms with Crippen molar-refractivity contribution in [3.05, 3.63) is 24.3 Å². The Labute approximate surface area is 363 Å². The summed E-state index contributed by atoms with van der Waals surface area (Å²) in [5.41, 5.74) is 0. The minimum atomic E-state index is -5.14. The molecule has 0 aliphatic heterocycles. The first-order valence-corrected chi connectivity index (χ1v) is 25.4. The van der Waals surface area contributed by atoms with E-state index in [1.165, 1.54) is 109 Å². The molecule has 0 heterocycles. The first-order chi connectivity index (χ1) is 28.8. The number of aliphatic hydroxyl groups is 7. The van der Waals surface area contributed by atoms with Crippen molar-refractivity contribution < 1.29 is 59.0 Å². The second-order valence-corrected chi connectivity index (χ2v) is 18.5. The van der Waals surface area contributed by atoms with Gasteiger partial charge >= 0.3 is 7.82 Å². The highest BCUT2D eigenvalue weighted by Crippen LogP contribution is 2.47. The van der Waals surface area contributed by atoms with Crippen LogP contribution in [-0.4, -0.2) is 108 Å². The minimum absolute atomic E-state index is 0.249. The van der Waals surface area contributed by atoms with Gasteiger partial charge in [-0.2, -0.15) is 0 Å². The molecule has 0 aromatic heterocycles. The summed E-state index contributed by atoms with van der Waals surface area (Å²) in [4.78, 5) is 23.4. The Kier molecular flexibility index (Phi) is 34.2. The van der Waals surface area contributed by atoms with Crippen molar-refractivity contribution in [2.75, 3.05) is 6.61 Å². The number of aliphatic hydroxyl groups excluding tert-OH is 7. The van der Waals surface area contributed by atoms with Gasteiger partial charge in [0.25, 0.3) is 0 Å². The number of carbonyl (C=O) groups is 1. The largest absolute Gasteiger partial charge is 0.472 e. The maximum atomic E-state index is 13.0. The highest BCUT2D eigenvalue weighted by molar-refractivity contribution is 7.47. The van der Waals surface area contributed by atoms with E-state index < -0.39 is 75.2 Å². The van der Waals surface area contributed by atoms with Crippen LogP contribution in [0.4, 0.5) is 0 Å². The van der Waals surface area contributed by atoms with E-state index in [0.717, 1.165) is 64.2 Å². The topological polar surface area (TPSA) is 226 Å². The number of phosphoric ester groups is 1. The van der Waals surface area contributed by atoms with Crippen molar-refractivity contribution in [3.8, 4) is 0 Å². The number of unbranched alkanes of at least 4 members (excludes halogenated alkanes) is 24. The van der Waals surface area contributed by atoms with Gasteiger partial charge < -0.3 is 46.0 Å². The normalized spacial score (nSPS) is 23.6. The van der Waals surface area contributed by atoms with E-state index in [0.29, 0.717) is 12.8 Å². The zero-order valence-corrected chi connectivity index (χ0v) is 38.3. The van der Waals surface area contributed by atoms with Crippen molar-refractivity contribution in [1.82, 2.24) is 5.32 Å². The Morgan fingerprint density at radius 3 is 1.42 bits per heavy atom. The van der Waals surface area contributed by atoms with Crippen LogP contribution in [0.3, 0.4) is 0 Å². The Morgan fingerprint density at radius 2 is 0.967 bits per heavy atom. The molecular formula is C46H88NO12P. The SMILES string of the molecule is CCCCCCCCCCC/C=C\CCCCCCCC(O)CC(=O)NC(COP(=O)(O)OC1C(O)C(O)C(O)C(O)C1O)C(O)/C=C/CCCCCCCCCCCC. The van der Waals surface area contributed by atoms with Gasteiger partial charge in [-0.15, -0.1) is 0 Å². The third-order valence-corrected chi connectivity index (χ3v) is 12.5. The molecule has 1 saturated carbocycles. The molecule has 1 aliphatic rings. The van der Waals surface area contributed by atoms with Gasteiger partial charge in [0.15, 0.2) is 0 Å². The quantitative estimate of drug-likeness (QED) is 0.0163. The van der Waals surface area contributed by atoms with Crippen LogP contribution in [0, 0.1) is 0 Å². The van der Waals surface area contributed by atoms with Gasteiger partial charge in [-0.3, -0.25) is 13.8 Å². The van der Waals surface area contributed by atoms with Gasteiger partial charge in [0.1, 0.15) is 36.6 Å². The predicted molar refractivity (Wildman–Crippen MR) is 238 cm³/mol. The highest BCUT2D eigenvalue weighted by atomic mass is 31.2. The fourth-order valence-corrected chi connectivity index (χ4v) is 8.55. The predicted octanol–water partition coefficient (Wildman–Crippen LogP) is 7.98. The summed E-state index contributed by atoms with van der Waals surface area (Å²) in [6, 6.07) is -1.24. The van der Waals surface area contributed by atoms with Crippen LogP contribution in [0.5, 0.6) is 0 Å². The standard InChI is InChI=1S/C46H88NO12P/c1-3-5-7-9-11-13-15-17-18-19-20-21-22-23-25-27-29-31-33-37(48)35-40(50)47-38(39(49)34-32-30-28-26-24-16-14-12-10-8-6-4-2)36-58-60(56,57)59-46-44(54)42(52)41(51)43(53)45(46)55/h20-21,32,34,37-39,41-46,48-49,51-55H,3-19,22-31,33,35-36H2,1-2H3,(H,47,50)(H,56,57)/b21-20-,34-32+. The Balaban J connectivity index is 2.51. The summed E-state index contributed by atoms with van der Waals surface area (Å²) >= 11 is 0. The number of amides is 1. The van der Waals surface area contributed by atoms with E-state index in [1.807, 2.05) is 0 Å². The number of nitrogens with one attached hydrogen (secondary N) is 1. The maximum Gasteiger partial charge on any atom is 0.472 e. The zero-order valence-electron chi connectivity index (χ0n) is 37.4. The molecule has 9 N–H and O–H groups in total. The Morgan fingerprint density at radius 1 is 0.583 bits per heavy atom. The minimum Gasteiger partial charge on any atom is -0.393 e. The van der Waals surface area contributed by atoms with Crippen molar-refractivity contribution in [2.24, 2.45) is 0 Å². The van der Waals surface area contributed by atoms with Gasteiger partial charge in [0.2, 0.25) is 5.91 Å². The van der Waals surface area contributed by atoms with Crippen molar-refractivity contribution in [1.29, 1.82) is 0 Å². The molecule has 0 bridgehead atoms. The molecule has 8 unspecified atom stereocenters. The molecule has 8 atom stereocenters. The second kappa shape index (κ2) is 36.2. The third-order valence-electron chi connectivity index (χ3n) is 11.5. The van der Waals surface area contributed by atoms with Gasteiger partial charge in [-0.05, 0) is 44.9 Å². The zero-order chi connectivity index (χ0) is 44.4. The fraction of sp³-hybridized carbons (Fsp3) is 0.891. The molecule has 0 aromatic carbocycles. The van der Waals surface area contributed by atoms with E-state index in [4.69, 9.17) is 9.05 Å². The lowest BCUT2D eigenvalue weighted by Crippen LogP contribution is -2.64. The van der Waals surface area contributed by atoms with Crippen LogP contribution in [0.1, 0.15) is 200 Å². The van der Waals surface area contributed by atoms with Crippen molar-refractivity contribution >= 4 is 13.7 Å². The van der Waals surface area contributed by atoms with E-state index in [1.54, 1.807) is 6.08 Å². The van der Waals surface area contributed by atoms with E-state index >= 15 is 0 Å². The molecule has 1 fully saturated rings. The lowest BCUT2D eigenvalue weighted by Gasteiger charge is -2.41. The van der Waals surface area contributed by atoms with Gasteiger partial charge in [-0.1, -0.05) is 173 Å². The number of rotatable bonds is 39. The maximum absolute atomic E-state index is 13.0. The smallest absolute Gasteiger partial charge is 0.393 e. The molecule has 0 radical (unpaired) electrons. The van der Waals surface area contributed by atoms with E-state index in [-0.39, 0.29) is 6.42 Å². The van der Waals surface area contributed by atoms with Crippen LogP contribution < -0.4 is 5.32 Å². The molecule has 1 rings (SSSR count). The molecule has 354 valence electrons. The summed E-state index contributed by atoms with van der Waals surface area (Å²) in [5, 5.41) is 74.4. The second-order valence-electron chi connectivity index (χ2n) is 17.1. The van der Waals surface area contributed by atoms with Gasteiger partial charge in [0.05, 0.1) is 31.3 Å². The molecule has 1 aliphatic carbocycles. The summed E-state index contributed by atoms with van der Waals surface area (Å²) in [7, 11) is -5.14. The molecule has 0 aromatic rings. The fourth-order valence-electron chi connectivity index (χ4n) is 7.59. The molecule has 14 heteroatoms. The summed E-state index contributed by atoms with van der Waals surface area (Å²) in [6.07, 6.45) is 25.6. The average Bonchev–Trinajstić information content (AvgIpc) is 3.22. The lowest BCUT2D eigenvalue weighted by molar-refractivity contribution is -0.220. The third kappa shape index (κ3) is 27.8. The van der Waals surface area contributed by atoms with Crippen molar-refractivity contribution in [3.63, 3.8) is 0 Å². The summed E-state index contributed by atoms with van der Waals surface area (Å²) < 4.78 is 22.8.